The number of hydrogen-bond acceptors (Lipinski definition) is 3. The Hall–Kier alpha value is -1.40. The number of ether oxygens (including phenoxy) is 1. The largest absolute Gasteiger partial charge is 0.377 e. The van der Waals surface area contributed by atoms with E-state index in [4.69, 9.17) is 4.74 Å². The van der Waals surface area contributed by atoms with Crippen LogP contribution in [0.3, 0.4) is 0 Å². The van der Waals surface area contributed by atoms with Crippen LogP contribution in [0.4, 0.5) is 11.4 Å². The first-order valence-electron chi connectivity index (χ1n) is 7.13. The van der Waals surface area contributed by atoms with Crippen LogP contribution in [-0.2, 0) is 14.3 Å². The molecule has 2 unspecified atom stereocenters. The van der Waals surface area contributed by atoms with E-state index in [9.17, 15) is 9.59 Å². The molecular weight excluding hydrogens is 336 g/mol. The van der Waals surface area contributed by atoms with Crippen LogP contribution in [0.5, 0.6) is 0 Å². The van der Waals surface area contributed by atoms with Crippen molar-refractivity contribution >= 4 is 39.1 Å². The molecule has 0 radical (unpaired) electrons. The molecule has 0 aromatic heterocycles. The van der Waals surface area contributed by atoms with Gasteiger partial charge in [0.25, 0.3) is 0 Å². The number of alkyl halides is 1. The summed E-state index contributed by atoms with van der Waals surface area (Å²) >= 11 is 3.70. The summed E-state index contributed by atoms with van der Waals surface area (Å²) in [5.41, 5.74) is 2.32. The SMILES string of the molecule is O=C1CC(=O)Nc2cc(C(Br)C3CCCCO3)ccc2N1. The highest BCUT2D eigenvalue weighted by Gasteiger charge is 2.25. The molecule has 2 heterocycles. The Morgan fingerprint density at radius 3 is 2.62 bits per heavy atom. The molecule has 2 amide bonds. The minimum absolute atomic E-state index is 0.0824. The number of anilines is 2. The number of rotatable bonds is 2. The quantitative estimate of drug-likeness (QED) is 0.635. The van der Waals surface area contributed by atoms with E-state index in [2.05, 4.69) is 26.6 Å². The predicted octanol–water partition coefficient (Wildman–Crippen LogP) is 2.97. The van der Waals surface area contributed by atoms with Gasteiger partial charge in [0, 0.05) is 6.61 Å². The van der Waals surface area contributed by atoms with Gasteiger partial charge in [0.15, 0.2) is 0 Å². The third-order valence-electron chi connectivity index (χ3n) is 3.77. The zero-order chi connectivity index (χ0) is 14.8. The lowest BCUT2D eigenvalue weighted by atomic mass is 10.0. The van der Waals surface area contributed by atoms with E-state index < -0.39 is 0 Å². The van der Waals surface area contributed by atoms with Crippen molar-refractivity contribution in [1.82, 2.24) is 0 Å². The van der Waals surface area contributed by atoms with Crippen LogP contribution in [0, 0.1) is 0 Å². The fraction of sp³-hybridized carbons (Fsp3) is 0.467. The summed E-state index contributed by atoms with van der Waals surface area (Å²) in [4.78, 5) is 23.2. The number of amides is 2. The van der Waals surface area contributed by atoms with Gasteiger partial charge in [0.2, 0.25) is 11.8 Å². The van der Waals surface area contributed by atoms with Gasteiger partial charge in [-0.3, -0.25) is 9.59 Å². The summed E-state index contributed by atoms with van der Waals surface area (Å²) in [6.07, 6.45) is 3.31. The first-order valence-corrected chi connectivity index (χ1v) is 8.04. The van der Waals surface area contributed by atoms with Gasteiger partial charge in [-0.1, -0.05) is 22.0 Å². The fourth-order valence-electron chi connectivity index (χ4n) is 2.69. The molecule has 2 aliphatic heterocycles. The zero-order valence-corrected chi connectivity index (χ0v) is 13.1. The highest BCUT2D eigenvalue weighted by molar-refractivity contribution is 9.09. The van der Waals surface area contributed by atoms with Crippen molar-refractivity contribution in [3.05, 3.63) is 23.8 Å². The van der Waals surface area contributed by atoms with Crippen molar-refractivity contribution in [2.45, 2.75) is 36.6 Å². The average Bonchev–Trinajstić information content (AvgIpc) is 2.63. The van der Waals surface area contributed by atoms with Crippen molar-refractivity contribution in [3.8, 4) is 0 Å². The van der Waals surface area contributed by atoms with Gasteiger partial charge >= 0.3 is 0 Å². The van der Waals surface area contributed by atoms with Gasteiger partial charge in [-0.15, -0.1) is 0 Å². The molecule has 2 atom stereocenters. The molecule has 5 nitrogen and oxygen atoms in total. The van der Waals surface area contributed by atoms with Gasteiger partial charge in [-0.25, -0.2) is 0 Å². The average molecular weight is 353 g/mol. The Balaban J connectivity index is 1.84. The van der Waals surface area contributed by atoms with Crippen LogP contribution in [0.15, 0.2) is 18.2 Å². The summed E-state index contributed by atoms with van der Waals surface area (Å²) < 4.78 is 5.80. The molecule has 0 spiro atoms. The van der Waals surface area contributed by atoms with Crippen LogP contribution < -0.4 is 10.6 Å². The van der Waals surface area contributed by atoms with Crippen LogP contribution in [0.1, 0.15) is 36.1 Å². The molecule has 2 aliphatic rings. The lowest BCUT2D eigenvalue weighted by Gasteiger charge is -2.27. The Morgan fingerprint density at radius 1 is 1.14 bits per heavy atom. The summed E-state index contributed by atoms with van der Waals surface area (Å²) in [5, 5.41) is 5.50. The second-order valence-electron chi connectivity index (χ2n) is 5.38. The van der Waals surface area contributed by atoms with Crippen molar-refractivity contribution in [2.24, 2.45) is 0 Å². The van der Waals surface area contributed by atoms with E-state index in [0.717, 1.165) is 25.0 Å². The number of hydrogen-bond donors (Lipinski definition) is 2. The summed E-state index contributed by atoms with van der Waals surface area (Å²) in [7, 11) is 0. The lowest BCUT2D eigenvalue weighted by molar-refractivity contribution is -0.123. The van der Waals surface area contributed by atoms with E-state index >= 15 is 0 Å². The summed E-state index contributed by atoms with van der Waals surface area (Å²) in [6, 6.07) is 5.68. The zero-order valence-electron chi connectivity index (χ0n) is 11.5. The number of benzene rings is 1. The van der Waals surface area contributed by atoms with E-state index in [-0.39, 0.29) is 29.2 Å². The second-order valence-corrected chi connectivity index (χ2v) is 6.37. The summed E-state index contributed by atoms with van der Waals surface area (Å²) in [5.74, 6) is -0.576. The highest BCUT2D eigenvalue weighted by atomic mass is 79.9. The topological polar surface area (TPSA) is 67.4 Å². The molecule has 1 aromatic rings. The van der Waals surface area contributed by atoms with E-state index in [1.54, 1.807) is 0 Å². The fourth-order valence-corrected chi connectivity index (χ4v) is 3.39. The Morgan fingerprint density at radius 2 is 1.90 bits per heavy atom. The maximum Gasteiger partial charge on any atom is 0.233 e. The normalized spacial score (nSPS) is 23.6. The first kappa shape index (κ1) is 14.5. The second kappa shape index (κ2) is 6.15. The van der Waals surface area contributed by atoms with Crippen LogP contribution in [0.2, 0.25) is 0 Å². The molecule has 1 aromatic carbocycles. The smallest absolute Gasteiger partial charge is 0.233 e. The molecule has 21 heavy (non-hydrogen) atoms. The monoisotopic (exact) mass is 352 g/mol. The first-order chi connectivity index (χ1) is 10.1. The van der Waals surface area contributed by atoms with Crippen molar-refractivity contribution in [3.63, 3.8) is 0 Å². The van der Waals surface area contributed by atoms with Gasteiger partial charge in [0.05, 0.1) is 22.3 Å². The number of halogens is 1. The van der Waals surface area contributed by atoms with Crippen molar-refractivity contribution < 1.29 is 14.3 Å². The number of carbonyl (C=O) groups excluding carboxylic acids is 2. The predicted molar refractivity (Wildman–Crippen MR) is 83.6 cm³/mol. The van der Waals surface area contributed by atoms with E-state index in [0.29, 0.717) is 11.4 Å². The number of nitrogens with one attached hydrogen (secondary N) is 2. The molecule has 3 rings (SSSR count). The van der Waals surface area contributed by atoms with Gasteiger partial charge < -0.3 is 15.4 Å². The Labute approximate surface area is 131 Å². The molecular formula is C15H17BrN2O3. The maximum atomic E-state index is 11.6. The van der Waals surface area contributed by atoms with Crippen LogP contribution >= 0.6 is 15.9 Å². The van der Waals surface area contributed by atoms with E-state index in [1.807, 2.05) is 18.2 Å². The van der Waals surface area contributed by atoms with Crippen LogP contribution in [0.25, 0.3) is 0 Å². The Bertz CT molecular complexity index is 570. The third-order valence-corrected chi connectivity index (χ3v) is 4.89. The minimum Gasteiger partial charge on any atom is -0.377 e. The number of carbonyl (C=O) groups is 2. The number of fused-ring (bicyclic) bond motifs is 1. The van der Waals surface area contributed by atoms with E-state index in [1.165, 1.54) is 6.42 Å². The Kier molecular flexibility index (Phi) is 4.26. The van der Waals surface area contributed by atoms with Gasteiger partial charge in [-0.05, 0) is 37.0 Å². The molecule has 112 valence electrons. The van der Waals surface area contributed by atoms with Crippen LogP contribution in [-0.4, -0.2) is 24.5 Å². The van der Waals surface area contributed by atoms with Gasteiger partial charge in [0.1, 0.15) is 6.42 Å². The summed E-state index contributed by atoms with van der Waals surface area (Å²) in [6.45, 7) is 0.796. The highest BCUT2D eigenvalue weighted by Crippen LogP contribution is 2.36. The molecule has 2 N–H and O–H groups in total. The molecule has 1 saturated heterocycles. The maximum absolute atomic E-state index is 11.6. The standard InChI is InChI=1S/C15H17BrN2O3/c16-15(12-3-1-2-6-21-12)9-4-5-10-11(7-9)18-14(20)8-13(19)17-10/h4-5,7,12,15H,1-3,6,8H2,(H,17,19)(H,18,20). The lowest BCUT2D eigenvalue weighted by Crippen LogP contribution is -2.23. The third kappa shape index (κ3) is 3.27. The van der Waals surface area contributed by atoms with Gasteiger partial charge in [-0.2, -0.15) is 0 Å². The minimum atomic E-state index is -0.288. The molecule has 0 aliphatic carbocycles. The molecule has 0 bridgehead atoms. The molecule has 0 saturated carbocycles. The van der Waals surface area contributed by atoms with Crippen molar-refractivity contribution in [2.75, 3.05) is 17.2 Å². The molecule has 6 heteroatoms. The van der Waals surface area contributed by atoms with Crippen molar-refractivity contribution in [1.29, 1.82) is 0 Å². The molecule has 1 fully saturated rings.